The fourth-order valence-corrected chi connectivity index (χ4v) is 5.81. The summed E-state index contributed by atoms with van der Waals surface area (Å²) in [7, 11) is -1.73. The molecule has 2 heterocycles. The van der Waals surface area contributed by atoms with E-state index < -0.39 is 10.0 Å². The number of halogens is 1. The number of thioether (sulfide) groups is 1. The van der Waals surface area contributed by atoms with Crippen LogP contribution in [0, 0.1) is 5.82 Å². The van der Waals surface area contributed by atoms with Crippen molar-refractivity contribution in [2.45, 2.75) is 29.3 Å². The van der Waals surface area contributed by atoms with Crippen molar-refractivity contribution >= 4 is 33.4 Å². The van der Waals surface area contributed by atoms with Crippen LogP contribution in [0.25, 0.3) is 11.4 Å². The van der Waals surface area contributed by atoms with Gasteiger partial charge in [0.25, 0.3) is 0 Å². The Kier molecular flexibility index (Phi) is 7.11. The second-order valence-corrected chi connectivity index (χ2v) is 10.6. The van der Waals surface area contributed by atoms with Gasteiger partial charge in [-0.05, 0) is 61.4 Å². The topological polar surface area (TPSA) is 97.2 Å². The third kappa shape index (κ3) is 5.43. The number of rotatable bonds is 7. The fraction of sp³-hybridized carbons (Fsp3) is 0.318. The Morgan fingerprint density at radius 1 is 1.03 bits per heavy atom. The Morgan fingerprint density at radius 2 is 1.70 bits per heavy atom. The molecule has 1 amide bonds. The van der Waals surface area contributed by atoms with Crippen molar-refractivity contribution in [3.63, 3.8) is 0 Å². The lowest BCUT2D eigenvalue weighted by Gasteiger charge is -2.25. The van der Waals surface area contributed by atoms with E-state index in [4.69, 9.17) is 0 Å². The molecule has 0 aliphatic carbocycles. The minimum absolute atomic E-state index is 0.100. The summed E-state index contributed by atoms with van der Waals surface area (Å²) >= 11 is 1.22. The number of nitrogens with one attached hydrogen (secondary N) is 1. The van der Waals surface area contributed by atoms with Gasteiger partial charge in [0, 0.05) is 31.4 Å². The number of anilines is 1. The van der Waals surface area contributed by atoms with Gasteiger partial charge in [0.15, 0.2) is 11.0 Å². The van der Waals surface area contributed by atoms with E-state index in [0.717, 1.165) is 24.8 Å². The number of sulfonamides is 1. The molecule has 4 rings (SSSR count). The van der Waals surface area contributed by atoms with Crippen LogP contribution in [-0.4, -0.2) is 52.2 Å². The van der Waals surface area contributed by atoms with Gasteiger partial charge in [-0.3, -0.25) is 4.79 Å². The van der Waals surface area contributed by atoms with E-state index in [1.165, 1.54) is 40.3 Å². The molecule has 0 radical (unpaired) electrons. The summed E-state index contributed by atoms with van der Waals surface area (Å²) in [6, 6.07) is 12.2. The van der Waals surface area contributed by atoms with Crippen LogP contribution in [0.4, 0.5) is 10.1 Å². The van der Waals surface area contributed by atoms with Crippen molar-refractivity contribution in [2.75, 3.05) is 24.2 Å². The predicted octanol–water partition coefficient (Wildman–Crippen LogP) is 3.53. The first-order valence-corrected chi connectivity index (χ1v) is 13.0. The van der Waals surface area contributed by atoms with E-state index in [2.05, 4.69) is 15.5 Å². The summed E-state index contributed by atoms with van der Waals surface area (Å²) in [4.78, 5) is 12.6. The lowest BCUT2D eigenvalue weighted by Crippen LogP contribution is -2.35. The molecule has 33 heavy (non-hydrogen) atoms. The molecule has 0 unspecified atom stereocenters. The lowest BCUT2D eigenvalue weighted by atomic mass is 10.2. The minimum Gasteiger partial charge on any atom is -0.325 e. The monoisotopic (exact) mass is 489 g/mol. The zero-order valence-electron chi connectivity index (χ0n) is 18.1. The van der Waals surface area contributed by atoms with Crippen molar-refractivity contribution in [3.05, 3.63) is 54.3 Å². The van der Waals surface area contributed by atoms with Crippen LogP contribution in [0.3, 0.4) is 0 Å². The maximum Gasteiger partial charge on any atom is 0.243 e. The Morgan fingerprint density at radius 3 is 2.36 bits per heavy atom. The van der Waals surface area contributed by atoms with E-state index in [0.29, 0.717) is 29.8 Å². The Hall–Kier alpha value is -2.76. The van der Waals surface area contributed by atoms with Crippen LogP contribution in [0.15, 0.2) is 58.6 Å². The first-order valence-electron chi connectivity index (χ1n) is 10.5. The van der Waals surface area contributed by atoms with Gasteiger partial charge in [-0.15, -0.1) is 10.2 Å². The average molecular weight is 490 g/mol. The number of piperidine rings is 1. The molecule has 174 valence electrons. The summed E-state index contributed by atoms with van der Waals surface area (Å²) in [6.45, 7) is 1.09. The highest BCUT2D eigenvalue weighted by Gasteiger charge is 2.25. The van der Waals surface area contributed by atoms with Crippen molar-refractivity contribution in [2.24, 2.45) is 7.05 Å². The second-order valence-electron chi connectivity index (χ2n) is 7.70. The smallest absolute Gasteiger partial charge is 0.243 e. The zero-order valence-corrected chi connectivity index (χ0v) is 19.7. The maximum atomic E-state index is 13.1. The highest BCUT2D eigenvalue weighted by atomic mass is 32.2. The molecule has 0 atom stereocenters. The van der Waals surface area contributed by atoms with E-state index in [1.54, 1.807) is 35.9 Å². The van der Waals surface area contributed by atoms with E-state index in [1.807, 2.05) is 0 Å². The van der Waals surface area contributed by atoms with Crippen LogP contribution in [0.1, 0.15) is 19.3 Å². The Bertz CT molecular complexity index is 1220. The molecule has 1 fully saturated rings. The summed E-state index contributed by atoms with van der Waals surface area (Å²) in [5.41, 5.74) is 1.24. The van der Waals surface area contributed by atoms with Gasteiger partial charge in [0.1, 0.15) is 5.82 Å². The van der Waals surface area contributed by atoms with Crippen LogP contribution in [-0.2, 0) is 21.9 Å². The van der Waals surface area contributed by atoms with Gasteiger partial charge in [0.2, 0.25) is 15.9 Å². The average Bonchev–Trinajstić information content (AvgIpc) is 3.19. The number of carbonyl (C=O) groups is 1. The second kappa shape index (κ2) is 10.0. The molecular formula is C22H24FN5O3S2. The van der Waals surface area contributed by atoms with Gasteiger partial charge < -0.3 is 9.88 Å². The molecule has 1 aromatic heterocycles. The molecule has 2 aromatic carbocycles. The summed E-state index contributed by atoms with van der Waals surface area (Å²) in [5, 5.41) is 11.5. The molecule has 8 nitrogen and oxygen atoms in total. The summed E-state index contributed by atoms with van der Waals surface area (Å²) in [6.07, 6.45) is 2.81. The molecular weight excluding hydrogens is 465 g/mol. The molecule has 1 N–H and O–H groups in total. The van der Waals surface area contributed by atoms with E-state index in [9.17, 15) is 17.6 Å². The number of carbonyl (C=O) groups excluding carboxylic acids is 1. The lowest BCUT2D eigenvalue weighted by molar-refractivity contribution is -0.113. The summed E-state index contributed by atoms with van der Waals surface area (Å²) < 4.78 is 41.9. The molecule has 1 aliphatic heterocycles. The number of aromatic nitrogens is 3. The summed E-state index contributed by atoms with van der Waals surface area (Å²) in [5.74, 6) is 0.0918. The molecule has 0 spiro atoms. The zero-order chi connectivity index (χ0) is 23.4. The highest BCUT2D eigenvalue weighted by molar-refractivity contribution is 7.99. The van der Waals surface area contributed by atoms with Crippen molar-refractivity contribution in [1.29, 1.82) is 0 Å². The van der Waals surface area contributed by atoms with E-state index >= 15 is 0 Å². The number of hydrogen-bond donors (Lipinski definition) is 1. The number of hydrogen-bond acceptors (Lipinski definition) is 6. The van der Waals surface area contributed by atoms with Crippen LogP contribution < -0.4 is 5.32 Å². The number of amides is 1. The van der Waals surface area contributed by atoms with Crippen molar-refractivity contribution < 1.29 is 17.6 Å². The van der Waals surface area contributed by atoms with E-state index in [-0.39, 0.29) is 22.4 Å². The van der Waals surface area contributed by atoms with Gasteiger partial charge in [-0.2, -0.15) is 4.31 Å². The Balaban J connectivity index is 1.34. The van der Waals surface area contributed by atoms with Crippen molar-refractivity contribution in [1.82, 2.24) is 19.1 Å². The molecule has 0 bridgehead atoms. The van der Waals surface area contributed by atoms with Crippen molar-refractivity contribution in [3.8, 4) is 11.4 Å². The molecule has 3 aromatic rings. The van der Waals surface area contributed by atoms with Crippen LogP contribution in [0.5, 0.6) is 0 Å². The molecule has 0 saturated carbocycles. The minimum atomic E-state index is -3.50. The largest absolute Gasteiger partial charge is 0.325 e. The molecule has 11 heteroatoms. The van der Waals surface area contributed by atoms with Gasteiger partial charge in [-0.25, -0.2) is 12.8 Å². The third-order valence-corrected chi connectivity index (χ3v) is 8.29. The van der Waals surface area contributed by atoms with Crippen LogP contribution >= 0.6 is 11.8 Å². The quantitative estimate of drug-likeness (QED) is 0.510. The fourth-order valence-electron chi connectivity index (χ4n) is 3.58. The Labute approximate surface area is 196 Å². The van der Waals surface area contributed by atoms with Gasteiger partial charge in [-0.1, -0.05) is 18.2 Å². The standard InChI is InChI=1S/C22H24FN5O3S2/c1-27-21(16-5-7-17(23)8-6-16)25-26-22(27)32-15-20(29)24-18-9-11-19(12-10-18)33(30,31)28-13-3-2-4-14-28/h5-12H,2-4,13-15H2,1H3,(H,24,29). The van der Waals surface area contributed by atoms with Gasteiger partial charge in [0.05, 0.1) is 10.6 Å². The SMILES string of the molecule is Cn1c(SCC(=O)Nc2ccc(S(=O)(=O)N3CCCCC3)cc2)nnc1-c1ccc(F)cc1. The first-order chi connectivity index (χ1) is 15.8. The molecule has 1 aliphatic rings. The third-order valence-electron chi connectivity index (χ3n) is 5.36. The highest BCUT2D eigenvalue weighted by Crippen LogP contribution is 2.24. The predicted molar refractivity (Wildman–Crippen MR) is 125 cm³/mol. The number of nitrogens with zero attached hydrogens (tertiary/aromatic N) is 4. The molecule has 1 saturated heterocycles. The first kappa shape index (κ1) is 23.4. The maximum absolute atomic E-state index is 13.1. The number of benzene rings is 2. The van der Waals surface area contributed by atoms with Crippen LogP contribution in [0.2, 0.25) is 0 Å². The van der Waals surface area contributed by atoms with Gasteiger partial charge >= 0.3 is 0 Å². The normalized spacial score (nSPS) is 14.8.